The first kappa shape index (κ1) is 51.4. The molecule has 0 spiro atoms. The van der Waals surface area contributed by atoms with E-state index in [2.05, 4.69) is 26.6 Å². The maximum Gasteiger partial charge on any atom is 0.293 e. The average Bonchev–Trinajstić information content (AvgIpc) is 3.28. The Morgan fingerprint density at radius 2 is 0.833 bits per heavy atom. The molecule has 0 aliphatic rings. The molecule has 0 aliphatic carbocycles. The standard InChI is InChI=1S/C43H59N11O12/c1-44-13-7-6-8-27(48-39(62)31-12-20-52(5)43(66)35(31)58)26-54(23-16-47-38(61)30-11-19-51(4)42(65)34(30)57)25-24-53(21-14-45-36(59)28-9-17-49(2)40(63)32(28)55)22-15-46-37(60)29-10-18-50(3)41(64)33(29)56/h9-12,17-20,27,44,55-58H,6-8,13-16,21-26H2,1-5H3,(H,45,59)(H,46,60)(H,47,61)(H,48,62). The van der Waals surface area contributed by atoms with Gasteiger partial charge in [0.25, 0.3) is 45.9 Å². The molecule has 4 aromatic rings. The molecule has 1 unspecified atom stereocenters. The number of hydrogen-bond donors (Lipinski definition) is 9. The van der Waals surface area contributed by atoms with Crippen LogP contribution in [0.3, 0.4) is 0 Å². The van der Waals surface area contributed by atoms with Crippen LogP contribution < -0.4 is 48.8 Å². The molecule has 4 heterocycles. The van der Waals surface area contributed by atoms with Crippen LogP contribution in [0.2, 0.25) is 0 Å². The van der Waals surface area contributed by atoms with E-state index in [-0.39, 0.29) is 81.2 Å². The van der Waals surface area contributed by atoms with Gasteiger partial charge in [-0.05, 0) is 50.7 Å². The van der Waals surface area contributed by atoms with Gasteiger partial charge in [-0.3, -0.25) is 48.2 Å². The number of carbonyl (C=O) groups is 4. The van der Waals surface area contributed by atoms with E-state index in [0.717, 1.165) is 24.7 Å². The van der Waals surface area contributed by atoms with E-state index in [4.69, 9.17) is 0 Å². The molecule has 0 saturated heterocycles. The zero-order valence-electron chi connectivity index (χ0n) is 37.6. The van der Waals surface area contributed by atoms with Crippen LogP contribution in [0.4, 0.5) is 0 Å². The molecular weight excluding hydrogens is 863 g/mol. The highest BCUT2D eigenvalue weighted by molar-refractivity contribution is 5.98. The van der Waals surface area contributed by atoms with E-state index in [1.807, 2.05) is 16.8 Å². The summed E-state index contributed by atoms with van der Waals surface area (Å²) in [6, 6.07) is 4.68. The number of carbonyl (C=O) groups excluding carboxylic acids is 4. The van der Waals surface area contributed by atoms with E-state index in [9.17, 15) is 58.8 Å². The molecule has 4 amide bonds. The normalized spacial score (nSPS) is 11.7. The highest BCUT2D eigenvalue weighted by atomic mass is 16.3. The van der Waals surface area contributed by atoms with Crippen molar-refractivity contribution in [3.63, 3.8) is 0 Å². The summed E-state index contributed by atoms with van der Waals surface area (Å²) in [6.07, 6.45) is 7.28. The third-order valence-corrected chi connectivity index (χ3v) is 10.9. The predicted octanol–water partition coefficient (Wildman–Crippen LogP) is -2.31. The number of aryl methyl sites for hydroxylation is 4. The molecule has 0 radical (unpaired) electrons. The molecule has 0 fully saturated rings. The van der Waals surface area contributed by atoms with E-state index < -0.39 is 74.9 Å². The Kier molecular flexibility index (Phi) is 18.8. The molecule has 0 aliphatic heterocycles. The van der Waals surface area contributed by atoms with Gasteiger partial charge < -0.3 is 65.3 Å². The lowest BCUT2D eigenvalue weighted by Crippen LogP contribution is -2.49. The number of hydrogen-bond acceptors (Lipinski definition) is 15. The molecule has 358 valence electrons. The second-order valence-electron chi connectivity index (χ2n) is 15.7. The minimum absolute atomic E-state index is 0.00952. The first-order valence-corrected chi connectivity index (χ1v) is 21.1. The van der Waals surface area contributed by atoms with Crippen molar-refractivity contribution in [3.05, 3.63) is 113 Å². The van der Waals surface area contributed by atoms with Crippen molar-refractivity contribution in [2.75, 3.05) is 72.5 Å². The van der Waals surface area contributed by atoms with Crippen LogP contribution in [0.25, 0.3) is 0 Å². The van der Waals surface area contributed by atoms with Crippen molar-refractivity contribution >= 4 is 23.6 Å². The summed E-state index contributed by atoms with van der Waals surface area (Å²) < 4.78 is 4.49. The fourth-order valence-electron chi connectivity index (χ4n) is 6.85. The van der Waals surface area contributed by atoms with Gasteiger partial charge in [-0.1, -0.05) is 6.42 Å². The van der Waals surface area contributed by atoms with Gasteiger partial charge >= 0.3 is 0 Å². The Bertz CT molecular complexity index is 2540. The minimum atomic E-state index is -0.759. The predicted molar refractivity (Wildman–Crippen MR) is 242 cm³/mol. The van der Waals surface area contributed by atoms with Gasteiger partial charge in [-0.2, -0.15) is 0 Å². The van der Waals surface area contributed by atoms with Crippen molar-refractivity contribution in [2.24, 2.45) is 28.2 Å². The summed E-state index contributed by atoms with van der Waals surface area (Å²) in [7, 11) is 7.51. The van der Waals surface area contributed by atoms with Gasteiger partial charge in [-0.15, -0.1) is 0 Å². The molecule has 23 heteroatoms. The smallest absolute Gasteiger partial charge is 0.293 e. The summed E-state index contributed by atoms with van der Waals surface area (Å²) in [5.41, 5.74) is -3.92. The van der Waals surface area contributed by atoms with Gasteiger partial charge in [0.1, 0.15) is 0 Å². The molecule has 66 heavy (non-hydrogen) atoms. The average molecular weight is 922 g/mol. The van der Waals surface area contributed by atoms with Gasteiger partial charge in [-0.25, -0.2) is 0 Å². The number of nitrogens with one attached hydrogen (secondary N) is 5. The Morgan fingerprint density at radius 3 is 1.20 bits per heavy atom. The van der Waals surface area contributed by atoms with Crippen LogP contribution in [-0.4, -0.2) is 151 Å². The van der Waals surface area contributed by atoms with Crippen molar-refractivity contribution in [3.8, 4) is 23.0 Å². The van der Waals surface area contributed by atoms with Crippen LogP contribution in [-0.2, 0) is 28.2 Å². The molecule has 23 nitrogen and oxygen atoms in total. The number of aromatic hydroxyl groups is 4. The van der Waals surface area contributed by atoms with Crippen LogP contribution in [0, 0.1) is 0 Å². The number of rotatable bonds is 24. The second-order valence-corrected chi connectivity index (χ2v) is 15.7. The van der Waals surface area contributed by atoms with Crippen molar-refractivity contribution < 1.29 is 39.6 Å². The van der Waals surface area contributed by atoms with E-state index in [1.165, 1.54) is 77.2 Å². The van der Waals surface area contributed by atoms with Crippen LogP contribution >= 0.6 is 0 Å². The summed E-state index contributed by atoms with van der Waals surface area (Å²) in [4.78, 5) is 106. The minimum Gasteiger partial charge on any atom is -0.502 e. The summed E-state index contributed by atoms with van der Waals surface area (Å²) in [5.74, 6) is -5.69. The maximum atomic E-state index is 13.6. The van der Waals surface area contributed by atoms with E-state index >= 15 is 0 Å². The SMILES string of the molecule is CNCCCCC(CN(CCNC(=O)c1ccn(C)c(=O)c1O)CCN(CCNC(=O)c1ccn(C)c(=O)c1O)CCNC(=O)c1ccn(C)c(=O)c1O)NC(=O)c1ccn(C)c(=O)c1O. The highest BCUT2D eigenvalue weighted by Gasteiger charge is 2.23. The van der Waals surface area contributed by atoms with Crippen LogP contribution in [0.5, 0.6) is 23.0 Å². The lowest BCUT2D eigenvalue weighted by atomic mass is 10.1. The Morgan fingerprint density at radius 1 is 0.500 bits per heavy atom. The number of unbranched alkanes of at least 4 members (excludes halogenated alkanes) is 1. The fraction of sp³-hybridized carbons (Fsp3) is 0.442. The Labute approximate surface area is 378 Å². The topological polar surface area (TPSA) is 304 Å². The number of nitrogens with zero attached hydrogens (tertiary/aromatic N) is 6. The quantitative estimate of drug-likeness (QED) is 0.0334. The van der Waals surface area contributed by atoms with Crippen molar-refractivity contribution in [1.29, 1.82) is 0 Å². The van der Waals surface area contributed by atoms with Crippen molar-refractivity contribution in [2.45, 2.75) is 25.3 Å². The van der Waals surface area contributed by atoms with Crippen LogP contribution in [0.15, 0.2) is 68.2 Å². The molecule has 0 bridgehead atoms. The van der Waals surface area contributed by atoms with Gasteiger partial charge in [0.15, 0.2) is 23.0 Å². The summed E-state index contributed by atoms with van der Waals surface area (Å²) in [5, 5.41) is 55.7. The number of pyridine rings is 4. The molecule has 4 aromatic heterocycles. The molecule has 9 N–H and O–H groups in total. The van der Waals surface area contributed by atoms with Crippen molar-refractivity contribution in [1.82, 2.24) is 54.7 Å². The summed E-state index contributed by atoms with van der Waals surface area (Å²) in [6.45, 7) is 1.93. The lowest BCUT2D eigenvalue weighted by molar-refractivity contribution is 0.0900. The van der Waals surface area contributed by atoms with Crippen LogP contribution in [0.1, 0.15) is 60.7 Å². The molecule has 0 aromatic carbocycles. The molecule has 4 rings (SSSR count). The molecule has 0 saturated carbocycles. The van der Waals surface area contributed by atoms with E-state index in [0.29, 0.717) is 19.4 Å². The number of amides is 4. The molecular formula is C43H59N11O12. The first-order chi connectivity index (χ1) is 31.4. The Balaban J connectivity index is 1.58. The fourth-order valence-corrected chi connectivity index (χ4v) is 6.85. The first-order valence-electron chi connectivity index (χ1n) is 21.1. The largest absolute Gasteiger partial charge is 0.502 e. The third-order valence-electron chi connectivity index (χ3n) is 10.9. The van der Waals surface area contributed by atoms with Gasteiger partial charge in [0.2, 0.25) is 0 Å². The van der Waals surface area contributed by atoms with E-state index in [1.54, 1.807) is 0 Å². The monoisotopic (exact) mass is 921 g/mol. The maximum absolute atomic E-state index is 13.6. The summed E-state index contributed by atoms with van der Waals surface area (Å²) >= 11 is 0. The second kappa shape index (κ2) is 24.2. The van der Waals surface area contributed by atoms with Gasteiger partial charge in [0, 0.05) is 118 Å². The zero-order valence-corrected chi connectivity index (χ0v) is 37.6. The molecule has 1 atom stereocenters. The lowest BCUT2D eigenvalue weighted by Gasteiger charge is -2.31. The Hall–Kier alpha value is -7.24. The zero-order chi connectivity index (χ0) is 48.7. The number of aromatic nitrogens is 4. The highest BCUT2D eigenvalue weighted by Crippen LogP contribution is 2.14. The third kappa shape index (κ3) is 13.6. The van der Waals surface area contributed by atoms with Gasteiger partial charge in [0.05, 0.1) is 22.3 Å².